The second-order valence-electron chi connectivity index (χ2n) is 16.5. The standard InChI is InChI=1S/C44H51ClN8O4/c1-27-32(6-4-8-34(27)48-40-39-31(14-18-46-40)22-29(23-47-39)24-53-21-17-44(2,57)26-53)33-7-5-9-35(38(33)45)50-42(54)41-49-36-25-52(20-16-37(36)51(41)3)19-15-28-10-12-30(13-11-28)43(55)56/h4-9,14,18,22-23,28,30,57H,10-13,15-17,19-21,24-26H2,1-3H3,(H,46,48)(H,50,54)(H,55,56)/t28-,30-,44-/m1/s1. The summed E-state index contributed by atoms with van der Waals surface area (Å²) in [6, 6.07) is 15.8. The molecule has 1 atom stereocenters. The highest BCUT2D eigenvalue weighted by Crippen LogP contribution is 2.39. The van der Waals surface area contributed by atoms with Crippen LogP contribution in [0.1, 0.15) is 78.6 Å². The van der Waals surface area contributed by atoms with E-state index in [-0.39, 0.29) is 11.8 Å². The smallest absolute Gasteiger partial charge is 0.306 e. The Balaban J connectivity index is 0.939. The number of aliphatic hydroxyl groups is 1. The van der Waals surface area contributed by atoms with Gasteiger partial charge < -0.3 is 25.4 Å². The quantitative estimate of drug-likeness (QED) is 0.106. The number of imidazole rings is 1. The van der Waals surface area contributed by atoms with Crippen LogP contribution in [-0.2, 0) is 31.4 Å². The summed E-state index contributed by atoms with van der Waals surface area (Å²) in [5.74, 6) is 0.400. The van der Waals surface area contributed by atoms with Gasteiger partial charge in [-0.2, -0.15) is 0 Å². The van der Waals surface area contributed by atoms with Crippen LogP contribution in [0.15, 0.2) is 60.9 Å². The molecule has 57 heavy (non-hydrogen) atoms. The van der Waals surface area contributed by atoms with Crippen LogP contribution in [0.5, 0.6) is 0 Å². The van der Waals surface area contributed by atoms with Crippen molar-refractivity contribution >= 4 is 51.6 Å². The largest absolute Gasteiger partial charge is 0.481 e. The van der Waals surface area contributed by atoms with E-state index in [1.165, 1.54) is 0 Å². The summed E-state index contributed by atoms with van der Waals surface area (Å²) < 4.78 is 1.91. The number of aromatic nitrogens is 4. The van der Waals surface area contributed by atoms with Crippen LogP contribution in [0.4, 0.5) is 17.2 Å². The number of benzene rings is 2. The SMILES string of the molecule is Cc1c(Nc2nccc3cc(CN4CC[C@@](C)(O)C4)cnc23)cccc1-c1cccc(NC(=O)c2nc3c(n2C)CCN(CC[C@H]2CC[C@H](C(=O)O)CC2)C3)c1Cl. The van der Waals surface area contributed by atoms with Crippen molar-refractivity contribution in [1.82, 2.24) is 29.3 Å². The van der Waals surface area contributed by atoms with E-state index in [9.17, 15) is 19.8 Å². The highest BCUT2D eigenvalue weighted by molar-refractivity contribution is 6.36. The number of carbonyl (C=O) groups is 2. The summed E-state index contributed by atoms with van der Waals surface area (Å²) in [7, 11) is 1.90. The summed E-state index contributed by atoms with van der Waals surface area (Å²) in [5.41, 5.74) is 7.26. The van der Waals surface area contributed by atoms with E-state index in [0.29, 0.717) is 41.4 Å². The number of carbonyl (C=O) groups excluding carboxylic acids is 1. The number of hydrogen-bond donors (Lipinski definition) is 4. The zero-order chi connectivity index (χ0) is 39.8. The van der Waals surface area contributed by atoms with Gasteiger partial charge in [0.25, 0.3) is 5.91 Å². The number of β-amino-alcohol motifs (C(OH)–C–C–N with tert-alkyl or cyclic N) is 1. The molecular weight excluding hydrogens is 740 g/mol. The fraction of sp³-hybridized carbons (Fsp3) is 0.432. The van der Waals surface area contributed by atoms with Gasteiger partial charge in [0.1, 0.15) is 5.52 Å². The van der Waals surface area contributed by atoms with Gasteiger partial charge in [-0.05, 0) is 106 Å². The number of fused-ring (bicyclic) bond motifs is 2. The molecule has 0 bridgehead atoms. The van der Waals surface area contributed by atoms with Crippen molar-refractivity contribution in [3.05, 3.63) is 94.3 Å². The molecule has 4 N–H and O–H groups in total. The van der Waals surface area contributed by atoms with E-state index in [2.05, 4.69) is 31.5 Å². The van der Waals surface area contributed by atoms with Gasteiger partial charge in [-0.25, -0.2) is 9.97 Å². The van der Waals surface area contributed by atoms with E-state index < -0.39 is 11.6 Å². The van der Waals surface area contributed by atoms with E-state index in [0.717, 1.165) is 121 Å². The van der Waals surface area contributed by atoms with Gasteiger partial charge >= 0.3 is 5.97 Å². The first-order valence-corrected chi connectivity index (χ1v) is 20.4. The molecule has 0 spiro atoms. The minimum Gasteiger partial charge on any atom is -0.481 e. The third-order valence-corrected chi connectivity index (χ3v) is 12.7. The maximum Gasteiger partial charge on any atom is 0.306 e. The molecular formula is C44H51ClN8O4. The van der Waals surface area contributed by atoms with Gasteiger partial charge in [-0.15, -0.1) is 0 Å². The number of carboxylic acid groups (broad SMARTS) is 1. The van der Waals surface area contributed by atoms with Crippen LogP contribution in [0.2, 0.25) is 5.02 Å². The molecule has 12 nitrogen and oxygen atoms in total. The Labute approximate surface area is 338 Å². The Morgan fingerprint density at radius 1 is 1.00 bits per heavy atom. The first kappa shape index (κ1) is 39.0. The molecule has 0 unspecified atom stereocenters. The third kappa shape index (κ3) is 8.41. The topological polar surface area (TPSA) is 149 Å². The predicted molar refractivity (Wildman–Crippen MR) is 223 cm³/mol. The molecule has 2 aromatic carbocycles. The van der Waals surface area contributed by atoms with Crippen LogP contribution in [0.25, 0.3) is 22.0 Å². The maximum atomic E-state index is 13.8. The second kappa shape index (κ2) is 16.2. The number of aliphatic carboxylic acids is 1. The van der Waals surface area contributed by atoms with E-state index in [1.54, 1.807) is 6.20 Å². The van der Waals surface area contributed by atoms with E-state index in [1.807, 2.05) is 74.1 Å². The molecule has 3 aromatic heterocycles. The number of halogens is 1. The van der Waals surface area contributed by atoms with E-state index in [4.69, 9.17) is 21.6 Å². The summed E-state index contributed by atoms with van der Waals surface area (Å²) in [5, 5.41) is 27.7. The molecule has 8 rings (SSSR count). The molecule has 1 amide bonds. The third-order valence-electron chi connectivity index (χ3n) is 12.3. The average Bonchev–Trinajstić information content (AvgIpc) is 3.72. The van der Waals surface area contributed by atoms with Crippen molar-refractivity contribution in [2.24, 2.45) is 18.9 Å². The molecule has 2 fully saturated rings. The lowest BCUT2D eigenvalue weighted by Crippen LogP contribution is -2.33. The fourth-order valence-electron chi connectivity index (χ4n) is 8.96. The van der Waals surface area contributed by atoms with Gasteiger partial charge in [0.05, 0.1) is 27.9 Å². The molecule has 5 aromatic rings. The number of nitrogens with one attached hydrogen (secondary N) is 2. The summed E-state index contributed by atoms with van der Waals surface area (Å²) in [6.45, 7) is 8.70. The number of carboxylic acids is 1. The first-order chi connectivity index (χ1) is 27.4. The summed E-state index contributed by atoms with van der Waals surface area (Å²) >= 11 is 7.07. The normalized spacial score (nSPS) is 21.4. The fourth-order valence-corrected chi connectivity index (χ4v) is 9.24. The lowest BCUT2D eigenvalue weighted by molar-refractivity contribution is -0.143. The van der Waals surface area contributed by atoms with Crippen molar-refractivity contribution in [3.8, 4) is 11.1 Å². The number of hydrogen-bond acceptors (Lipinski definition) is 9. The molecule has 298 valence electrons. The Bertz CT molecular complexity index is 2320. The molecule has 3 aliphatic rings. The Kier molecular flexibility index (Phi) is 11.1. The van der Waals surface area contributed by atoms with Gasteiger partial charge in [-0.1, -0.05) is 35.9 Å². The molecule has 13 heteroatoms. The minimum atomic E-state index is -0.662. The van der Waals surface area contributed by atoms with Crippen molar-refractivity contribution in [1.29, 1.82) is 0 Å². The van der Waals surface area contributed by atoms with Crippen molar-refractivity contribution in [2.75, 3.05) is 36.8 Å². The molecule has 5 heterocycles. The lowest BCUT2D eigenvalue weighted by atomic mass is 9.80. The Morgan fingerprint density at radius 2 is 1.77 bits per heavy atom. The number of likely N-dealkylation sites (tertiary alicyclic amines) is 1. The lowest BCUT2D eigenvalue weighted by Gasteiger charge is -2.30. The highest BCUT2D eigenvalue weighted by atomic mass is 35.5. The zero-order valence-corrected chi connectivity index (χ0v) is 33.6. The van der Waals surface area contributed by atoms with Crippen molar-refractivity contribution < 1.29 is 19.8 Å². The number of rotatable bonds is 11. The summed E-state index contributed by atoms with van der Waals surface area (Å²) in [4.78, 5) is 44.0. The van der Waals surface area contributed by atoms with Crippen LogP contribution in [0.3, 0.4) is 0 Å². The molecule has 1 saturated heterocycles. The number of anilines is 3. The zero-order valence-electron chi connectivity index (χ0n) is 32.9. The van der Waals surface area contributed by atoms with Gasteiger partial charge in [-0.3, -0.25) is 24.4 Å². The highest BCUT2D eigenvalue weighted by Gasteiger charge is 2.32. The summed E-state index contributed by atoms with van der Waals surface area (Å²) in [6.07, 6.45) is 9.80. The number of amides is 1. The Hall–Kier alpha value is -4.88. The predicted octanol–water partition coefficient (Wildman–Crippen LogP) is 7.58. The van der Waals surface area contributed by atoms with Gasteiger partial charge in [0.15, 0.2) is 11.6 Å². The van der Waals surface area contributed by atoms with Crippen molar-refractivity contribution in [3.63, 3.8) is 0 Å². The van der Waals surface area contributed by atoms with Crippen LogP contribution in [0, 0.1) is 18.8 Å². The van der Waals surface area contributed by atoms with E-state index >= 15 is 0 Å². The monoisotopic (exact) mass is 790 g/mol. The van der Waals surface area contributed by atoms with Crippen LogP contribution >= 0.6 is 11.6 Å². The molecule has 2 aliphatic heterocycles. The van der Waals surface area contributed by atoms with Gasteiger partial charge in [0, 0.05) is 80.9 Å². The average molecular weight is 791 g/mol. The maximum absolute atomic E-state index is 13.8. The first-order valence-electron chi connectivity index (χ1n) is 20.1. The van der Waals surface area contributed by atoms with Crippen molar-refractivity contribution in [2.45, 2.75) is 77.5 Å². The van der Waals surface area contributed by atoms with Crippen LogP contribution in [-0.4, -0.2) is 83.2 Å². The minimum absolute atomic E-state index is 0.189. The molecule has 1 saturated carbocycles. The Morgan fingerprint density at radius 3 is 2.53 bits per heavy atom. The molecule has 0 radical (unpaired) electrons. The van der Waals surface area contributed by atoms with Gasteiger partial charge in [0.2, 0.25) is 0 Å². The van der Waals surface area contributed by atoms with Crippen LogP contribution < -0.4 is 10.6 Å². The molecule has 1 aliphatic carbocycles. The number of nitrogens with zero attached hydrogens (tertiary/aromatic N) is 6. The number of pyridine rings is 2. The second-order valence-corrected chi connectivity index (χ2v) is 16.9.